The lowest BCUT2D eigenvalue weighted by molar-refractivity contribution is 0.754. The van der Waals surface area contributed by atoms with Gasteiger partial charge in [0.25, 0.3) is 5.56 Å². The van der Waals surface area contributed by atoms with Gasteiger partial charge in [-0.25, -0.2) is 9.66 Å². The minimum absolute atomic E-state index is 0.0659. The van der Waals surface area contributed by atoms with Crippen LogP contribution in [-0.2, 0) is 6.54 Å². The van der Waals surface area contributed by atoms with E-state index in [0.717, 1.165) is 11.1 Å². The third-order valence-electron chi connectivity index (χ3n) is 3.54. The SMILES string of the molecule is CSc1ccc(CNn2c(C)nc3ccccc3c2=O)cc1. The minimum atomic E-state index is -0.0659. The van der Waals surface area contributed by atoms with Gasteiger partial charge in [-0.2, -0.15) is 0 Å². The average molecular weight is 311 g/mol. The van der Waals surface area contributed by atoms with E-state index in [-0.39, 0.29) is 5.56 Å². The molecule has 0 aliphatic heterocycles. The van der Waals surface area contributed by atoms with Crippen LogP contribution in [0.3, 0.4) is 0 Å². The van der Waals surface area contributed by atoms with Gasteiger partial charge in [-0.15, -0.1) is 11.8 Å². The van der Waals surface area contributed by atoms with Crippen LogP contribution in [0, 0.1) is 6.92 Å². The second-order valence-electron chi connectivity index (χ2n) is 5.00. The predicted molar refractivity (Wildman–Crippen MR) is 92.0 cm³/mol. The second kappa shape index (κ2) is 6.23. The summed E-state index contributed by atoms with van der Waals surface area (Å²) >= 11 is 1.71. The highest BCUT2D eigenvalue weighted by Gasteiger charge is 2.07. The van der Waals surface area contributed by atoms with Gasteiger partial charge in [0.1, 0.15) is 5.82 Å². The fourth-order valence-corrected chi connectivity index (χ4v) is 2.75. The van der Waals surface area contributed by atoms with Crippen molar-refractivity contribution in [2.45, 2.75) is 18.4 Å². The van der Waals surface area contributed by atoms with E-state index >= 15 is 0 Å². The highest BCUT2D eigenvalue weighted by Crippen LogP contribution is 2.15. The Morgan fingerprint density at radius 2 is 1.86 bits per heavy atom. The number of nitrogens with zero attached hydrogens (tertiary/aromatic N) is 2. The first kappa shape index (κ1) is 14.7. The number of aryl methyl sites for hydroxylation is 1. The number of thioether (sulfide) groups is 1. The summed E-state index contributed by atoms with van der Waals surface area (Å²) in [4.78, 5) is 18.2. The van der Waals surface area contributed by atoms with Crippen LogP contribution in [0.15, 0.2) is 58.2 Å². The first-order valence-corrected chi connectivity index (χ1v) is 8.27. The molecule has 5 heteroatoms. The Labute approximate surface area is 133 Å². The van der Waals surface area contributed by atoms with Crippen LogP contribution in [0.2, 0.25) is 0 Å². The van der Waals surface area contributed by atoms with Crippen molar-refractivity contribution < 1.29 is 0 Å². The lowest BCUT2D eigenvalue weighted by Gasteiger charge is -2.13. The molecule has 0 spiro atoms. The topological polar surface area (TPSA) is 46.9 Å². The predicted octanol–water partition coefficient (Wildman–Crippen LogP) is 3.17. The van der Waals surface area contributed by atoms with Gasteiger partial charge >= 0.3 is 0 Å². The summed E-state index contributed by atoms with van der Waals surface area (Å²) in [5, 5.41) is 0.623. The quantitative estimate of drug-likeness (QED) is 0.752. The molecule has 0 saturated carbocycles. The average Bonchev–Trinajstić information content (AvgIpc) is 2.55. The van der Waals surface area contributed by atoms with Crippen molar-refractivity contribution in [2.24, 2.45) is 0 Å². The molecular formula is C17H17N3OS. The van der Waals surface area contributed by atoms with Crippen molar-refractivity contribution in [1.29, 1.82) is 0 Å². The third kappa shape index (κ3) is 2.85. The van der Waals surface area contributed by atoms with Crippen molar-refractivity contribution in [1.82, 2.24) is 9.66 Å². The van der Waals surface area contributed by atoms with Crippen LogP contribution in [0.4, 0.5) is 0 Å². The fourth-order valence-electron chi connectivity index (χ4n) is 2.34. The first-order chi connectivity index (χ1) is 10.7. The summed E-state index contributed by atoms with van der Waals surface area (Å²) in [6.07, 6.45) is 2.05. The van der Waals surface area contributed by atoms with Gasteiger partial charge in [0, 0.05) is 4.90 Å². The maximum absolute atomic E-state index is 12.5. The zero-order valence-electron chi connectivity index (χ0n) is 12.5. The highest BCUT2D eigenvalue weighted by molar-refractivity contribution is 7.98. The molecule has 0 saturated heterocycles. The number of nitrogens with one attached hydrogen (secondary N) is 1. The van der Waals surface area contributed by atoms with Crippen molar-refractivity contribution in [3.8, 4) is 0 Å². The van der Waals surface area contributed by atoms with Crippen LogP contribution < -0.4 is 11.0 Å². The number of aromatic nitrogens is 2. The molecule has 1 aromatic heterocycles. The normalized spacial score (nSPS) is 10.8. The van der Waals surface area contributed by atoms with Crippen LogP contribution in [-0.4, -0.2) is 15.9 Å². The zero-order valence-corrected chi connectivity index (χ0v) is 13.4. The molecule has 0 atom stereocenters. The smallest absolute Gasteiger partial charge is 0.279 e. The van der Waals surface area contributed by atoms with E-state index in [4.69, 9.17) is 0 Å². The number of fused-ring (bicyclic) bond motifs is 1. The van der Waals surface area contributed by atoms with Crippen LogP contribution in [0.5, 0.6) is 0 Å². The largest absolute Gasteiger partial charge is 0.317 e. The standard InChI is InChI=1S/C17H17N3OS/c1-12-19-16-6-4-3-5-15(16)17(21)20(12)18-11-13-7-9-14(22-2)10-8-13/h3-10,18H,11H2,1-2H3. The van der Waals surface area contributed by atoms with Crippen LogP contribution in [0.1, 0.15) is 11.4 Å². The molecule has 0 radical (unpaired) electrons. The fraction of sp³-hybridized carbons (Fsp3) is 0.176. The van der Waals surface area contributed by atoms with E-state index in [0.29, 0.717) is 17.8 Å². The Hall–Kier alpha value is -2.27. The summed E-state index contributed by atoms with van der Waals surface area (Å²) < 4.78 is 1.52. The maximum atomic E-state index is 12.5. The molecule has 0 unspecified atom stereocenters. The van der Waals surface area contributed by atoms with Crippen LogP contribution in [0.25, 0.3) is 10.9 Å². The van der Waals surface area contributed by atoms with Crippen molar-refractivity contribution in [3.05, 3.63) is 70.3 Å². The summed E-state index contributed by atoms with van der Waals surface area (Å²) in [5.41, 5.74) is 4.95. The molecule has 1 heterocycles. The van der Waals surface area contributed by atoms with Gasteiger partial charge in [0.05, 0.1) is 17.4 Å². The van der Waals surface area contributed by atoms with Crippen LogP contribution >= 0.6 is 11.8 Å². The Morgan fingerprint density at radius 3 is 2.59 bits per heavy atom. The maximum Gasteiger partial charge on any atom is 0.279 e. The summed E-state index contributed by atoms with van der Waals surface area (Å²) in [6, 6.07) is 15.7. The van der Waals surface area contributed by atoms with Crippen molar-refractivity contribution in [3.63, 3.8) is 0 Å². The van der Waals surface area contributed by atoms with E-state index in [9.17, 15) is 4.79 Å². The molecule has 0 aliphatic carbocycles. The van der Waals surface area contributed by atoms with E-state index in [1.165, 1.54) is 9.57 Å². The van der Waals surface area contributed by atoms with E-state index in [1.807, 2.05) is 25.1 Å². The minimum Gasteiger partial charge on any atom is -0.317 e. The molecule has 0 bridgehead atoms. The molecule has 4 nitrogen and oxygen atoms in total. The van der Waals surface area contributed by atoms with Gasteiger partial charge in [-0.1, -0.05) is 24.3 Å². The Balaban J connectivity index is 1.88. The second-order valence-corrected chi connectivity index (χ2v) is 5.88. The van der Waals surface area contributed by atoms with Gasteiger partial charge in [0.15, 0.2) is 0 Å². The van der Waals surface area contributed by atoms with Crippen molar-refractivity contribution >= 4 is 22.7 Å². The Morgan fingerprint density at radius 1 is 1.14 bits per heavy atom. The zero-order chi connectivity index (χ0) is 15.5. The lowest BCUT2D eigenvalue weighted by Crippen LogP contribution is -2.31. The van der Waals surface area contributed by atoms with Crippen molar-refractivity contribution in [2.75, 3.05) is 11.7 Å². The first-order valence-electron chi connectivity index (χ1n) is 7.04. The molecule has 0 fully saturated rings. The van der Waals surface area contributed by atoms with Gasteiger partial charge in [-0.05, 0) is 43.0 Å². The molecule has 0 aliphatic rings. The monoisotopic (exact) mass is 311 g/mol. The molecule has 112 valence electrons. The number of rotatable bonds is 4. The number of hydrogen-bond acceptors (Lipinski definition) is 4. The highest BCUT2D eigenvalue weighted by atomic mass is 32.2. The molecule has 22 heavy (non-hydrogen) atoms. The number of hydrogen-bond donors (Lipinski definition) is 1. The Bertz CT molecular complexity index is 856. The van der Waals surface area contributed by atoms with Gasteiger partial charge in [-0.3, -0.25) is 4.79 Å². The summed E-state index contributed by atoms with van der Waals surface area (Å²) in [7, 11) is 0. The molecule has 2 aromatic carbocycles. The van der Waals surface area contributed by atoms with E-state index in [1.54, 1.807) is 17.8 Å². The molecular weight excluding hydrogens is 294 g/mol. The van der Waals surface area contributed by atoms with E-state index < -0.39 is 0 Å². The molecule has 3 aromatic rings. The molecule has 3 rings (SSSR count). The van der Waals surface area contributed by atoms with E-state index in [2.05, 4.69) is 40.9 Å². The molecule has 1 N–H and O–H groups in total. The lowest BCUT2D eigenvalue weighted by atomic mass is 10.2. The van der Waals surface area contributed by atoms with Gasteiger partial charge in [0.2, 0.25) is 0 Å². The Kier molecular flexibility index (Phi) is 4.15. The third-order valence-corrected chi connectivity index (χ3v) is 4.29. The number of para-hydroxylation sites is 1. The van der Waals surface area contributed by atoms with Gasteiger partial charge < -0.3 is 5.43 Å². The number of benzene rings is 2. The summed E-state index contributed by atoms with van der Waals surface area (Å²) in [5.74, 6) is 0.657. The molecule has 0 amide bonds. The summed E-state index contributed by atoms with van der Waals surface area (Å²) in [6.45, 7) is 2.41.